The van der Waals surface area contributed by atoms with Gasteiger partial charge in [0.15, 0.2) is 5.54 Å². The van der Waals surface area contributed by atoms with Gasteiger partial charge in [0.1, 0.15) is 41.9 Å². The van der Waals surface area contributed by atoms with Gasteiger partial charge in [0, 0.05) is 16.9 Å². The van der Waals surface area contributed by atoms with Gasteiger partial charge in [0.2, 0.25) is 0 Å². The number of hydrogen-bond acceptors (Lipinski definition) is 7. The van der Waals surface area contributed by atoms with Crippen LogP contribution < -0.4 is 20.1 Å². The van der Waals surface area contributed by atoms with E-state index in [0.29, 0.717) is 28.4 Å². The molecule has 1 heterocycles. The fraction of sp³-hybridized carbons (Fsp3) is 0.200. The lowest BCUT2D eigenvalue weighted by molar-refractivity contribution is -0.116. The number of anilines is 2. The third-order valence-electron chi connectivity index (χ3n) is 8.97. The van der Waals surface area contributed by atoms with Gasteiger partial charge in [0.05, 0.1) is 25.9 Å². The van der Waals surface area contributed by atoms with E-state index in [9.17, 15) is 0 Å². The normalized spacial score (nSPS) is 17.1. The molecule has 5 aromatic rings. The highest BCUT2D eigenvalue weighted by atomic mass is 19.3. The number of benzene rings is 5. The molecule has 10 heteroatoms. The van der Waals surface area contributed by atoms with E-state index in [1.807, 2.05) is 78.9 Å². The smallest absolute Gasteiger partial charge is 0.299 e. The van der Waals surface area contributed by atoms with E-state index >= 15 is 13.2 Å². The fourth-order valence-electron chi connectivity index (χ4n) is 6.20. The van der Waals surface area contributed by atoms with Crippen LogP contribution in [0.25, 0.3) is 0 Å². The lowest BCUT2D eigenvalue weighted by Gasteiger charge is -2.39. The molecule has 0 unspecified atom stereocenters. The van der Waals surface area contributed by atoms with Gasteiger partial charge in [-0.3, -0.25) is 4.99 Å². The molecule has 0 aliphatic carbocycles. The van der Waals surface area contributed by atoms with E-state index in [0.717, 1.165) is 22.8 Å². The minimum atomic E-state index is -3.61. The summed E-state index contributed by atoms with van der Waals surface area (Å²) in [6.07, 6.45) is 0. The van der Waals surface area contributed by atoms with Crippen LogP contribution in [0.1, 0.15) is 34.7 Å². The van der Waals surface area contributed by atoms with E-state index in [1.54, 1.807) is 38.5 Å². The van der Waals surface area contributed by atoms with Crippen molar-refractivity contribution >= 4 is 17.2 Å². The van der Waals surface area contributed by atoms with Gasteiger partial charge in [-0.15, -0.1) is 0 Å². The van der Waals surface area contributed by atoms with Crippen LogP contribution in [0.5, 0.6) is 11.5 Å². The monoisotopic (exact) mass is 676 g/mol. The molecule has 0 aromatic heterocycles. The van der Waals surface area contributed by atoms with Gasteiger partial charge < -0.3 is 24.8 Å². The third kappa shape index (κ3) is 6.48. The maximum Gasteiger partial charge on any atom is 0.299 e. The number of halogens is 3. The van der Waals surface area contributed by atoms with Gasteiger partial charge in [-0.05, 0) is 90.3 Å². The van der Waals surface area contributed by atoms with Crippen LogP contribution in [-0.2, 0) is 15.8 Å². The molecule has 0 amide bonds. The second-order valence-electron chi connectivity index (χ2n) is 12.0. The van der Waals surface area contributed by atoms with E-state index in [4.69, 9.17) is 19.5 Å². The number of aliphatic imine (C=N–C) groups is 1. The van der Waals surface area contributed by atoms with Crippen molar-refractivity contribution in [2.75, 3.05) is 32.8 Å². The Bertz CT molecular complexity index is 1970. The quantitative estimate of drug-likeness (QED) is 0.153. The number of nitriles is 1. The number of ether oxygens (including phenoxy) is 3. The summed E-state index contributed by atoms with van der Waals surface area (Å²) in [6, 6.07) is 37.0. The van der Waals surface area contributed by atoms with Crippen LogP contribution in [0.15, 0.2) is 126 Å². The molecule has 0 saturated carbocycles. The number of rotatable bonds is 9. The Kier molecular flexibility index (Phi) is 9.53. The second kappa shape index (κ2) is 14.0. The summed E-state index contributed by atoms with van der Waals surface area (Å²) < 4.78 is 64.8. The van der Waals surface area contributed by atoms with Gasteiger partial charge in [0.25, 0.3) is 5.92 Å². The number of alkyl halides is 2. The summed E-state index contributed by atoms with van der Waals surface area (Å²) in [5.41, 5.74) is -0.148. The van der Waals surface area contributed by atoms with Crippen LogP contribution in [0.2, 0.25) is 0 Å². The maximum absolute atomic E-state index is 16.3. The van der Waals surface area contributed by atoms with Crippen molar-refractivity contribution in [3.8, 4) is 17.6 Å². The zero-order chi connectivity index (χ0) is 35.4. The minimum Gasteiger partial charge on any atom is -0.497 e. The molecule has 2 N–H and O–H groups in total. The van der Waals surface area contributed by atoms with Crippen molar-refractivity contribution in [1.82, 2.24) is 5.32 Å². The number of amidine groups is 1. The van der Waals surface area contributed by atoms with Crippen molar-refractivity contribution in [2.45, 2.75) is 23.9 Å². The van der Waals surface area contributed by atoms with E-state index in [2.05, 4.69) is 21.7 Å². The number of nitrogens with zero attached hydrogens (tertiary/aromatic N) is 2. The Morgan fingerprint density at radius 3 is 1.90 bits per heavy atom. The fourth-order valence-corrected chi connectivity index (χ4v) is 6.20. The molecule has 0 spiro atoms. The molecular formula is C40H35F3N4O3. The first-order valence-corrected chi connectivity index (χ1v) is 15.9. The van der Waals surface area contributed by atoms with Crippen molar-refractivity contribution in [2.24, 2.45) is 4.99 Å². The van der Waals surface area contributed by atoms with Crippen molar-refractivity contribution in [3.05, 3.63) is 155 Å². The molecule has 5 aromatic carbocycles. The van der Waals surface area contributed by atoms with Crippen LogP contribution in [-0.4, -0.2) is 39.2 Å². The highest BCUT2D eigenvalue weighted by molar-refractivity contribution is 5.87. The van der Waals surface area contributed by atoms with Crippen LogP contribution >= 0.6 is 0 Å². The minimum absolute atomic E-state index is 0.0880. The number of nitrogens with one attached hydrogen (secondary N) is 2. The van der Waals surface area contributed by atoms with Gasteiger partial charge in [-0.25, -0.2) is 13.2 Å². The Morgan fingerprint density at radius 2 is 1.34 bits per heavy atom. The molecule has 0 bridgehead atoms. The first-order valence-electron chi connectivity index (χ1n) is 15.9. The molecule has 254 valence electrons. The third-order valence-corrected chi connectivity index (χ3v) is 8.97. The Labute approximate surface area is 289 Å². The Balaban J connectivity index is 1.51. The van der Waals surface area contributed by atoms with Crippen LogP contribution in [0.4, 0.5) is 24.5 Å². The average molecular weight is 677 g/mol. The summed E-state index contributed by atoms with van der Waals surface area (Å²) >= 11 is 0. The predicted octanol–water partition coefficient (Wildman–Crippen LogP) is 8.32. The molecule has 1 aliphatic rings. The molecule has 7 nitrogen and oxygen atoms in total. The highest BCUT2D eigenvalue weighted by Crippen LogP contribution is 2.45. The van der Waals surface area contributed by atoms with Gasteiger partial charge in [-0.1, -0.05) is 54.6 Å². The summed E-state index contributed by atoms with van der Waals surface area (Å²) in [5.74, 6) is -3.09. The summed E-state index contributed by atoms with van der Waals surface area (Å²) in [4.78, 5) is 4.67. The van der Waals surface area contributed by atoms with E-state index < -0.39 is 29.4 Å². The molecular weight excluding hydrogens is 641 g/mol. The van der Waals surface area contributed by atoms with Gasteiger partial charge in [-0.2, -0.15) is 5.26 Å². The number of methoxy groups -OCH3 is 2. The van der Waals surface area contributed by atoms with Crippen molar-refractivity contribution in [1.29, 1.82) is 5.26 Å². The highest BCUT2D eigenvalue weighted by Gasteiger charge is 2.55. The molecule has 6 rings (SSSR count). The molecule has 0 radical (unpaired) electrons. The SMILES string of the molecule is COc1ccc(C(NC2=N[C@](C)(c3cc(Nc4ccc(C#N)cc4)ccc3F)C(F)(F)COC2)(c2ccccc2)c2ccc(OC)cc2)cc1. The zero-order valence-electron chi connectivity index (χ0n) is 27.7. The zero-order valence-corrected chi connectivity index (χ0v) is 27.7. The van der Waals surface area contributed by atoms with Crippen molar-refractivity contribution < 1.29 is 27.4 Å². The number of hydrogen-bond donors (Lipinski definition) is 2. The molecule has 50 heavy (non-hydrogen) atoms. The summed E-state index contributed by atoms with van der Waals surface area (Å²) in [7, 11) is 3.15. The van der Waals surface area contributed by atoms with E-state index in [1.165, 1.54) is 19.1 Å². The largest absolute Gasteiger partial charge is 0.497 e. The van der Waals surface area contributed by atoms with Crippen molar-refractivity contribution in [3.63, 3.8) is 0 Å². The lowest BCUT2D eigenvalue weighted by atomic mass is 9.76. The topological polar surface area (TPSA) is 87.9 Å². The molecule has 1 aliphatic heterocycles. The summed E-state index contributed by atoms with van der Waals surface area (Å²) in [6.45, 7) is -0.0661. The Morgan fingerprint density at radius 1 is 0.780 bits per heavy atom. The van der Waals surface area contributed by atoms with E-state index in [-0.39, 0.29) is 18.0 Å². The Hall–Kier alpha value is -5.79. The summed E-state index contributed by atoms with van der Waals surface area (Å²) in [5, 5.41) is 15.8. The first kappa shape index (κ1) is 34.1. The molecule has 0 fully saturated rings. The second-order valence-corrected chi connectivity index (χ2v) is 12.0. The lowest BCUT2D eigenvalue weighted by Crippen LogP contribution is -2.50. The maximum atomic E-state index is 16.3. The van der Waals surface area contributed by atoms with Crippen LogP contribution in [0.3, 0.4) is 0 Å². The molecule has 0 saturated heterocycles. The predicted molar refractivity (Wildman–Crippen MR) is 187 cm³/mol. The average Bonchev–Trinajstić information content (AvgIpc) is 3.26. The van der Waals surface area contributed by atoms with Crippen LogP contribution in [0, 0.1) is 17.1 Å². The van der Waals surface area contributed by atoms with Gasteiger partial charge >= 0.3 is 0 Å². The standard InChI is InChI=1S/C40H35F3N4O3/c1-38(35-23-32(17-22-36(35)41)45-31-15-9-27(24-44)10-16-31)39(42,43)26-50-25-37(46-38)47-40(28-7-5-4-6-8-28,29-11-18-33(48-2)19-12-29)30-13-20-34(49-3)21-14-30/h4-23,45H,25-26H2,1-3H3,(H,46,47)/t38-/m1/s1. The first-order chi connectivity index (χ1) is 24.1. The molecule has 1 atom stereocenters.